The van der Waals surface area contributed by atoms with E-state index in [0.29, 0.717) is 23.8 Å². The van der Waals surface area contributed by atoms with Crippen LogP contribution in [0.1, 0.15) is 16.8 Å². The SMILES string of the molecule is Cc1[nH]c2ccc(F)cc2c1CCNC(=S)Nc1ccc(C(F)(F)F)cc1. The first kappa shape index (κ1) is 19.2. The molecular weight excluding hydrogens is 378 g/mol. The average Bonchev–Trinajstić information content (AvgIpc) is 2.90. The fourth-order valence-corrected chi connectivity index (χ4v) is 3.12. The smallest absolute Gasteiger partial charge is 0.362 e. The van der Waals surface area contributed by atoms with Crippen LogP contribution in [0.4, 0.5) is 23.2 Å². The highest BCUT2D eigenvalue weighted by atomic mass is 32.1. The van der Waals surface area contributed by atoms with Crippen LogP contribution in [0.3, 0.4) is 0 Å². The van der Waals surface area contributed by atoms with Gasteiger partial charge >= 0.3 is 6.18 Å². The van der Waals surface area contributed by atoms with Crippen molar-refractivity contribution in [1.29, 1.82) is 0 Å². The monoisotopic (exact) mass is 395 g/mol. The Kier molecular flexibility index (Phi) is 5.36. The zero-order chi connectivity index (χ0) is 19.6. The van der Waals surface area contributed by atoms with Crippen LogP contribution in [0, 0.1) is 12.7 Å². The Balaban J connectivity index is 1.57. The molecule has 27 heavy (non-hydrogen) atoms. The normalized spacial score (nSPS) is 11.6. The van der Waals surface area contributed by atoms with Crippen molar-refractivity contribution in [3.8, 4) is 0 Å². The Morgan fingerprint density at radius 3 is 2.48 bits per heavy atom. The van der Waals surface area contributed by atoms with E-state index in [4.69, 9.17) is 12.2 Å². The molecule has 3 nitrogen and oxygen atoms in total. The van der Waals surface area contributed by atoms with Crippen molar-refractivity contribution in [2.75, 3.05) is 11.9 Å². The van der Waals surface area contributed by atoms with Gasteiger partial charge in [0.05, 0.1) is 5.56 Å². The topological polar surface area (TPSA) is 39.9 Å². The highest BCUT2D eigenvalue weighted by Gasteiger charge is 2.29. The van der Waals surface area contributed by atoms with Gasteiger partial charge in [-0.1, -0.05) is 0 Å². The minimum Gasteiger partial charge on any atom is -0.362 e. The molecule has 3 N–H and O–H groups in total. The Morgan fingerprint density at radius 1 is 1.11 bits per heavy atom. The number of fused-ring (bicyclic) bond motifs is 1. The summed E-state index contributed by atoms with van der Waals surface area (Å²) in [5.41, 5.74) is 2.57. The lowest BCUT2D eigenvalue weighted by atomic mass is 10.1. The molecule has 0 amide bonds. The van der Waals surface area contributed by atoms with E-state index in [1.807, 2.05) is 6.92 Å². The average molecular weight is 395 g/mol. The van der Waals surface area contributed by atoms with Crippen molar-refractivity contribution in [3.63, 3.8) is 0 Å². The van der Waals surface area contributed by atoms with Gasteiger partial charge in [-0.05, 0) is 73.6 Å². The van der Waals surface area contributed by atoms with E-state index in [1.54, 1.807) is 6.07 Å². The number of alkyl halides is 3. The molecular formula is C19H17F4N3S. The number of thiocarbonyl (C=S) groups is 1. The minimum absolute atomic E-state index is 0.296. The molecule has 0 aliphatic rings. The number of halogens is 4. The van der Waals surface area contributed by atoms with Gasteiger partial charge in [-0.15, -0.1) is 0 Å². The molecule has 0 saturated heterocycles. The van der Waals surface area contributed by atoms with Crippen molar-refractivity contribution in [1.82, 2.24) is 10.3 Å². The molecule has 0 unspecified atom stereocenters. The fourth-order valence-electron chi connectivity index (χ4n) is 2.90. The lowest BCUT2D eigenvalue weighted by Gasteiger charge is -2.12. The van der Waals surface area contributed by atoms with Gasteiger partial charge in [0.1, 0.15) is 5.82 Å². The molecule has 8 heteroatoms. The maximum absolute atomic E-state index is 13.5. The molecule has 142 valence electrons. The first-order valence-electron chi connectivity index (χ1n) is 8.23. The van der Waals surface area contributed by atoms with E-state index in [2.05, 4.69) is 15.6 Å². The highest BCUT2D eigenvalue weighted by Crippen LogP contribution is 2.29. The summed E-state index contributed by atoms with van der Waals surface area (Å²) >= 11 is 5.17. The number of hydrogen-bond acceptors (Lipinski definition) is 1. The summed E-state index contributed by atoms with van der Waals surface area (Å²) < 4.78 is 51.2. The molecule has 0 atom stereocenters. The van der Waals surface area contributed by atoms with E-state index in [9.17, 15) is 17.6 Å². The summed E-state index contributed by atoms with van der Waals surface area (Å²) in [7, 11) is 0. The summed E-state index contributed by atoms with van der Waals surface area (Å²) in [4.78, 5) is 3.21. The fraction of sp³-hybridized carbons (Fsp3) is 0.211. The van der Waals surface area contributed by atoms with Crippen LogP contribution in [0.25, 0.3) is 10.9 Å². The zero-order valence-corrected chi connectivity index (χ0v) is 15.2. The summed E-state index contributed by atoms with van der Waals surface area (Å²) in [5, 5.41) is 6.99. The Bertz CT molecular complexity index is 961. The number of rotatable bonds is 4. The van der Waals surface area contributed by atoms with Crippen molar-refractivity contribution >= 4 is 33.9 Å². The van der Waals surface area contributed by atoms with Gasteiger partial charge in [-0.3, -0.25) is 0 Å². The van der Waals surface area contributed by atoms with Crippen molar-refractivity contribution in [2.45, 2.75) is 19.5 Å². The number of H-pyrrole nitrogens is 1. The van der Waals surface area contributed by atoms with E-state index in [-0.39, 0.29) is 5.82 Å². The predicted molar refractivity (Wildman–Crippen MR) is 102 cm³/mol. The molecule has 3 rings (SSSR count). The second kappa shape index (κ2) is 7.56. The summed E-state index contributed by atoms with van der Waals surface area (Å²) in [6, 6.07) is 9.23. The van der Waals surface area contributed by atoms with E-state index >= 15 is 0 Å². The molecule has 0 radical (unpaired) electrons. The van der Waals surface area contributed by atoms with Gasteiger partial charge in [-0.2, -0.15) is 13.2 Å². The van der Waals surface area contributed by atoms with Gasteiger partial charge in [0, 0.05) is 28.8 Å². The molecule has 3 aromatic rings. The number of aromatic nitrogens is 1. The number of hydrogen-bond donors (Lipinski definition) is 3. The van der Waals surface area contributed by atoms with Crippen LogP contribution in [-0.4, -0.2) is 16.6 Å². The Hall–Kier alpha value is -2.61. The van der Waals surface area contributed by atoms with Crippen LogP contribution in [0.2, 0.25) is 0 Å². The lowest BCUT2D eigenvalue weighted by Crippen LogP contribution is -2.30. The highest BCUT2D eigenvalue weighted by molar-refractivity contribution is 7.80. The van der Waals surface area contributed by atoms with Gasteiger partial charge in [-0.25, -0.2) is 4.39 Å². The number of aromatic amines is 1. The molecule has 1 aromatic heterocycles. The molecule has 2 aromatic carbocycles. The lowest BCUT2D eigenvalue weighted by molar-refractivity contribution is -0.137. The summed E-state index contributed by atoms with van der Waals surface area (Å²) in [6.45, 7) is 2.42. The van der Waals surface area contributed by atoms with Crippen LogP contribution >= 0.6 is 12.2 Å². The molecule has 0 fully saturated rings. The van der Waals surface area contributed by atoms with Crippen molar-refractivity contribution in [3.05, 3.63) is 65.1 Å². The molecule has 1 heterocycles. The quantitative estimate of drug-likeness (QED) is 0.422. The third kappa shape index (κ3) is 4.57. The number of benzene rings is 2. The van der Waals surface area contributed by atoms with Crippen molar-refractivity contribution < 1.29 is 17.6 Å². The third-order valence-corrected chi connectivity index (χ3v) is 4.46. The van der Waals surface area contributed by atoms with Crippen molar-refractivity contribution in [2.24, 2.45) is 0 Å². The predicted octanol–water partition coefficient (Wildman–Crippen LogP) is 5.16. The molecule has 0 spiro atoms. The molecule has 0 bridgehead atoms. The van der Waals surface area contributed by atoms with E-state index in [1.165, 1.54) is 24.3 Å². The number of anilines is 1. The Morgan fingerprint density at radius 2 is 1.81 bits per heavy atom. The second-order valence-corrected chi connectivity index (χ2v) is 6.53. The van der Waals surface area contributed by atoms with Gasteiger partial charge in [0.25, 0.3) is 0 Å². The summed E-state index contributed by atoms with van der Waals surface area (Å²) in [5.74, 6) is -0.296. The van der Waals surface area contributed by atoms with Crippen LogP contribution < -0.4 is 10.6 Å². The van der Waals surface area contributed by atoms with E-state index < -0.39 is 11.7 Å². The maximum atomic E-state index is 13.5. The Labute approximate surface area is 158 Å². The van der Waals surface area contributed by atoms with Crippen LogP contribution in [-0.2, 0) is 12.6 Å². The largest absolute Gasteiger partial charge is 0.416 e. The van der Waals surface area contributed by atoms with Crippen LogP contribution in [0.5, 0.6) is 0 Å². The minimum atomic E-state index is -4.37. The molecule has 0 aliphatic carbocycles. The first-order valence-corrected chi connectivity index (χ1v) is 8.63. The zero-order valence-electron chi connectivity index (χ0n) is 14.4. The number of aryl methyl sites for hydroxylation is 1. The third-order valence-electron chi connectivity index (χ3n) is 4.21. The van der Waals surface area contributed by atoms with Gasteiger partial charge in [0.15, 0.2) is 5.11 Å². The second-order valence-electron chi connectivity index (χ2n) is 6.12. The standard InChI is InChI=1S/C19H17F4N3S/c1-11-15(16-10-13(20)4-7-17(16)25-11)8-9-24-18(27)26-14-5-2-12(3-6-14)19(21,22)23/h2-7,10,25H,8-9H2,1H3,(H2,24,26,27). The van der Waals surface area contributed by atoms with Crippen LogP contribution in [0.15, 0.2) is 42.5 Å². The maximum Gasteiger partial charge on any atom is 0.416 e. The molecule has 0 saturated carbocycles. The molecule has 0 aliphatic heterocycles. The number of nitrogens with one attached hydrogen (secondary N) is 3. The first-order chi connectivity index (χ1) is 12.7. The van der Waals surface area contributed by atoms with E-state index in [0.717, 1.165) is 34.3 Å². The van der Waals surface area contributed by atoms with Gasteiger partial charge < -0.3 is 15.6 Å². The summed E-state index contributed by atoms with van der Waals surface area (Å²) in [6.07, 6.45) is -3.75. The van der Waals surface area contributed by atoms with Gasteiger partial charge in [0.2, 0.25) is 0 Å².